The lowest BCUT2D eigenvalue weighted by Gasteiger charge is -2.28. The monoisotopic (exact) mass is 308 g/mol. The summed E-state index contributed by atoms with van der Waals surface area (Å²) < 4.78 is 5.21. The molecule has 118 valence electrons. The van der Waals surface area contributed by atoms with Crippen LogP contribution in [0, 0.1) is 17.8 Å². The number of aliphatic imine (C=N–C) groups is 1. The van der Waals surface area contributed by atoms with E-state index in [2.05, 4.69) is 22.9 Å². The van der Waals surface area contributed by atoms with E-state index < -0.39 is 0 Å². The zero-order valence-electron chi connectivity index (χ0n) is 13.5. The highest BCUT2D eigenvalue weighted by Crippen LogP contribution is 2.30. The van der Waals surface area contributed by atoms with E-state index in [1.165, 1.54) is 18.4 Å². The van der Waals surface area contributed by atoms with Gasteiger partial charge in [0.05, 0.1) is 12.8 Å². The fraction of sp³-hybridized carbons (Fsp3) is 0.368. The van der Waals surface area contributed by atoms with Crippen molar-refractivity contribution in [2.24, 2.45) is 10.9 Å². The van der Waals surface area contributed by atoms with Crippen LogP contribution >= 0.6 is 0 Å². The van der Waals surface area contributed by atoms with Crippen LogP contribution < -0.4 is 0 Å². The van der Waals surface area contributed by atoms with E-state index in [4.69, 9.17) is 4.74 Å². The number of hydrogen-bond acceptors (Lipinski definition) is 3. The number of amides is 1. The first-order valence-electron chi connectivity index (χ1n) is 7.84. The maximum absolute atomic E-state index is 11.4. The standard InChI is InChI=1S/C19H20N2O2/c1-20-19(23-2)12-18-17-8-7-15(6-5-14-3-4-14)11-16(17)9-10-21(18)13-22/h7-8,11-14H,3-4,9-10H2,1-2H3/b18-12-,20-19?. The number of nitrogens with zero attached hydrogens (tertiary/aromatic N) is 2. The highest BCUT2D eigenvalue weighted by Gasteiger charge is 2.22. The second kappa shape index (κ2) is 6.70. The lowest BCUT2D eigenvalue weighted by Crippen LogP contribution is -2.29. The van der Waals surface area contributed by atoms with E-state index in [1.54, 1.807) is 19.1 Å². The first kappa shape index (κ1) is 15.4. The van der Waals surface area contributed by atoms with Crippen LogP contribution in [0.15, 0.2) is 29.3 Å². The zero-order valence-corrected chi connectivity index (χ0v) is 13.5. The molecule has 1 fully saturated rings. The van der Waals surface area contributed by atoms with Gasteiger partial charge in [-0.15, -0.1) is 0 Å². The van der Waals surface area contributed by atoms with Crippen molar-refractivity contribution in [3.05, 3.63) is 41.0 Å². The number of hydrogen-bond donors (Lipinski definition) is 0. The summed E-state index contributed by atoms with van der Waals surface area (Å²) >= 11 is 0. The molecular formula is C19H20N2O2. The smallest absolute Gasteiger partial charge is 0.214 e. The van der Waals surface area contributed by atoms with Gasteiger partial charge < -0.3 is 9.64 Å². The highest BCUT2D eigenvalue weighted by atomic mass is 16.5. The molecule has 0 N–H and O–H groups in total. The van der Waals surface area contributed by atoms with Crippen LogP contribution in [0.3, 0.4) is 0 Å². The maximum atomic E-state index is 11.4. The molecule has 0 unspecified atom stereocenters. The van der Waals surface area contributed by atoms with Crippen molar-refractivity contribution in [1.82, 2.24) is 4.90 Å². The Hall–Kier alpha value is -2.54. The minimum atomic E-state index is 0.498. The predicted molar refractivity (Wildman–Crippen MR) is 90.9 cm³/mol. The average Bonchev–Trinajstić information content (AvgIpc) is 3.41. The van der Waals surface area contributed by atoms with Crippen LogP contribution in [0.25, 0.3) is 5.70 Å². The highest BCUT2D eigenvalue weighted by molar-refractivity contribution is 5.97. The summed E-state index contributed by atoms with van der Waals surface area (Å²) in [6.45, 7) is 0.655. The Balaban J connectivity index is 1.98. The van der Waals surface area contributed by atoms with E-state index >= 15 is 0 Å². The van der Waals surface area contributed by atoms with Crippen LogP contribution in [0.5, 0.6) is 0 Å². The van der Waals surface area contributed by atoms with Gasteiger partial charge in [0.1, 0.15) is 0 Å². The number of benzene rings is 1. The molecule has 4 heteroatoms. The quantitative estimate of drug-likeness (QED) is 0.364. The molecule has 0 aromatic heterocycles. The van der Waals surface area contributed by atoms with Crippen LogP contribution in [-0.2, 0) is 16.0 Å². The first-order valence-corrected chi connectivity index (χ1v) is 7.84. The molecule has 3 rings (SSSR count). The van der Waals surface area contributed by atoms with Gasteiger partial charge in [0, 0.05) is 36.7 Å². The number of carbonyl (C=O) groups excluding carboxylic acids is 1. The molecule has 1 aromatic rings. The number of rotatable bonds is 2. The molecule has 0 radical (unpaired) electrons. The Bertz CT molecular complexity index is 733. The third-order valence-electron chi connectivity index (χ3n) is 4.13. The second-order valence-electron chi connectivity index (χ2n) is 5.76. The van der Waals surface area contributed by atoms with Gasteiger partial charge in [0.15, 0.2) is 0 Å². The number of carbonyl (C=O) groups is 1. The van der Waals surface area contributed by atoms with Crippen molar-refractivity contribution >= 4 is 18.0 Å². The van der Waals surface area contributed by atoms with Crippen molar-refractivity contribution < 1.29 is 9.53 Å². The molecule has 0 atom stereocenters. The SMILES string of the molecule is CN=C(/C=C1/c2ccc(C#CC3CC3)cc2CCN1C=O)OC. The molecule has 1 heterocycles. The summed E-state index contributed by atoms with van der Waals surface area (Å²) in [4.78, 5) is 17.1. The van der Waals surface area contributed by atoms with Gasteiger partial charge in [-0.3, -0.25) is 9.79 Å². The fourth-order valence-corrected chi connectivity index (χ4v) is 2.66. The summed E-state index contributed by atoms with van der Waals surface area (Å²) in [7, 11) is 3.24. The van der Waals surface area contributed by atoms with Gasteiger partial charge in [-0.1, -0.05) is 17.9 Å². The Labute approximate surface area is 136 Å². The second-order valence-corrected chi connectivity index (χ2v) is 5.76. The average molecular weight is 308 g/mol. The van der Waals surface area contributed by atoms with Gasteiger partial charge in [-0.2, -0.15) is 0 Å². The molecule has 2 aliphatic rings. The van der Waals surface area contributed by atoms with E-state index in [1.807, 2.05) is 18.2 Å². The summed E-state index contributed by atoms with van der Waals surface area (Å²) in [5.74, 6) is 7.64. The van der Waals surface area contributed by atoms with E-state index in [0.717, 1.165) is 29.7 Å². The zero-order chi connectivity index (χ0) is 16.2. The van der Waals surface area contributed by atoms with Gasteiger partial charge in [0.2, 0.25) is 12.3 Å². The maximum Gasteiger partial charge on any atom is 0.214 e. The molecule has 23 heavy (non-hydrogen) atoms. The minimum absolute atomic E-state index is 0.498. The largest absolute Gasteiger partial charge is 0.481 e. The van der Waals surface area contributed by atoms with Gasteiger partial charge in [-0.05, 0) is 37.0 Å². The Morgan fingerprint density at radius 1 is 1.43 bits per heavy atom. The van der Waals surface area contributed by atoms with Gasteiger partial charge in [-0.25, -0.2) is 0 Å². The molecule has 0 spiro atoms. The van der Waals surface area contributed by atoms with Crippen molar-refractivity contribution in [2.75, 3.05) is 20.7 Å². The molecule has 1 aliphatic carbocycles. The molecule has 1 saturated carbocycles. The Kier molecular flexibility index (Phi) is 4.47. The summed E-state index contributed by atoms with van der Waals surface area (Å²) in [5, 5.41) is 0. The van der Waals surface area contributed by atoms with E-state index in [0.29, 0.717) is 18.4 Å². The molecule has 1 aliphatic heterocycles. The number of fused-ring (bicyclic) bond motifs is 1. The molecule has 4 nitrogen and oxygen atoms in total. The minimum Gasteiger partial charge on any atom is -0.481 e. The van der Waals surface area contributed by atoms with E-state index in [-0.39, 0.29) is 0 Å². The lowest BCUT2D eigenvalue weighted by molar-refractivity contribution is -0.115. The molecule has 0 bridgehead atoms. The summed E-state index contributed by atoms with van der Waals surface area (Å²) in [6, 6.07) is 6.19. The Morgan fingerprint density at radius 2 is 2.26 bits per heavy atom. The summed E-state index contributed by atoms with van der Waals surface area (Å²) in [6.07, 6.45) is 5.96. The van der Waals surface area contributed by atoms with Crippen molar-refractivity contribution in [3.63, 3.8) is 0 Å². The molecule has 0 saturated heterocycles. The third-order valence-corrected chi connectivity index (χ3v) is 4.13. The van der Waals surface area contributed by atoms with Crippen LogP contribution in [0.4, 0.5) is 0 Å². The predicted octanol–water partition coefficient (Wildman–Crippen LogP) is 2.48. The third kappa shape index (κ3) is 3.45. The molecule has 1 aromatic carbocycles. The van der Waals surface area contributed by atoms with Crippen LogP contribution in [0.1, 0.15) is 29.5 Å². The molecular weight excluding hydrogens is 288 g/mol. The van der Waals surface area contributed by atoms with Crippen molar-refractivity contribution in [1.29, 1.82) is 0 Å². The summed E-state index contributed by atoms with van der Waals surface area (Å²) in [5.41, 5.74) is 4.12. The lowest BCUT2D eigenvalue weighted by atomic mass is 9.94. The number of ether oxygens (including phenoxy) is 1. The number of methoxy groups -OCH3 is 1. The van der Waals surface area contributed by atoms with Crippen molar-refractivity contribution in [3.8, 4) is 11.8 Å². The first-order chi connectivity index (χ1) is 11.2. The van der Waals surface area contributed by atoms with Gasteiger partial charge in [0.25, 0.3) is 0 Å². The van der Waals surface area contributed by atoms with Crippen molar-refractivity contribution in [2.45, 2.75) is 19.3 Å². The topological polar surface area (TPSA) is 41.9 Å². The van der Waals surface area contributed by atoms with Crippen LogP contribution in [0.2, 0.25) is 0 Å². The fourth-order valence-electron chi connectivity index (χ4n) is 2.66. The van der Waals surface area contributed by atoms with Gasteiger partial charge >= 0.3 is 0 Å². The van der Waals surface area contributed by atoms with E-state index in [9.17, 15) is 4.79 Å². The normalized spacial score (nSPS) is 19.0. The molecule has 1 amide bonds. The Morgan fingerprint density at radius 3 is 2.91 bits per heavy atom. The van der Waals surface area contributed by atoms with Crippen LogP contribution in [-0.4, -0.2) is 37.9 Å².